The largest absolute Gasteiger partial charge is 0.363 e. The van der Waals surface area contributed by atoms with Gasteiger partial charge in [-0.05, 0) is 63.6 Å². The van der Waals surface area contributed by atoms with Gasteiger partial charge in [0.15, 0.2) is 0 Å². The lowest BCUT2D eigenvalue weighted by molar-refractivity contribution is 0.0664. The minimum atomic E-state index is -0.210. The number of anilines is 1. The Balaban J connectivity index is 1.57. The fourth-order valence-corrected chi connectivity index (χ4v) is 5.30. The highest BCUT2D eigenvalue weighted by Gasteiger charge is 2.49. The summed E-state index contributed by atoms with van der Waals surface area (Å²) in [5.41, 5.74) is 2.21. The maximum atomic E-state index is 13.9. The molecule has 2 fully saturated rings. The highest BCUT2D eigenvalue weighted by Crippen LogP contribution is 2.45. The Morgan fingerprint density at radius 2 is 2.10 bits per heavy atom. The van der Waals surface area contributed by atoms with Gasteiger partial charge in [0.25, 0.3) is 5.91 Å². The second kappa shape index (κ2) is 7.15. The van der Waals surface area contributed by atoms with Crippen molar-refractivity contribution in [2.24, 2.45) is 5.92 Å². The molecule has 0 unspecified atom stereocenters. The average Bonchev–Trinajstić information content (AvgIpc) is 3.16. The summed E-state index contributed by atoms with van der Waals surface area (Å²) in [5.74, 6) is 0.895. The molecule has 6 heteroatoms. The molecule has 0 aliphatic carbocycles. The highest BCUT2D eigenvalue weighted by atomic mass is 19.1. The van der Waals surface area contributed by atoms with Gasteiger partial charge < -0.3 is 14.3 Å². The zero-order valence-corrected chi connectivity index (χ0v) is 17.9. The summed E-state index contributed by atoms with van der Waals surface area (Å²) >= 11 is 0. The molecule has 0 saturated carbocycles. The number of aryl methyl sites for hydroxylation is 1. The van der Waals surface area contributed by atoms with Crippen LogP contribution in [0.2, 0.25) is 0 Å². The van der Waals surface area contributed by atoms with E-state index in [1.54, 1.807) is 12.1 Å². The molecule has 2 aliphatic rings. The van der Waals surface area contributed by atoms with Gasteiger partial charge in [0.2, 0.25) is 0 Å². The number of hydrogen-bond donors (Lipinski definition) is 0. The molecule has 5 nitrogen and oxygen atoms in total. The maximum Gasteiger partial charge on any atom is 0.259 e. The molecule has 1 amide bonds. The van der Waals surface area contributed by atoms with Crippen molar-refractivity contribution in [1.29, 1.82) is 0 Å². The second-order valence-electron chi connectivity index (χ2n) is 9.39. The first-order valence-electron chi connectivity index (χ1n) is 10.5. The van der Waals surface area contributed by atoms with Crippen molar-refractivity contribution >= 4 is 11.6 Å². The number of benzene rings is 1. The molecule has 3 heterocycles. The standard InChI is InChI=1S/C23H30FN3O2/c1-14(2)21-20(15(3)29-25-21)22(28)26-10-9-19-16(13-26)12-23(4,5)27(19)18-8-6-7-17(24)11-18/h6-8,11,14,16,19H,9-10,12-13H2,1-5H3/t16-,19+/m1/s1. The van der Waals surface area contributed by atoms with Gasteiger partial charge in [-0.15, -0.1) is 0 Å². The number of fused-ring (bicyclic) bond motifs is 1. The highest BCUT2D eigenvalue weighted by molar-refractivity contribution is 5.96. The normalized spacial score (nSPS) is 23.6. The van der Waals surface area contributed by atoms with E-state index in [2.05, 4.69) is 23.9 Å². The molecule has 156 valence electrons. The van der Waals surface area contributed by atoms with Crippen molar-refractivity contribution < 1.29 is 13.7 Å². The van der Waals surface area contributed by atoms with Crippen LogP contribution in [0.4, 0.5) is 10.1 Å². The van der Waals surface area contributed by atoms with Crippen LogP contribution in [-0.2, 0) is 0 Å². The molecule has 0 spiro atoms. The van der Waals surface area contributed by atoms with Crippen LogP contribution < -0.4 is 4.90 Å². The fraction of sp³-hybridized carbons (Fsp3) is 0.565. The molecule has 0 radical (unpaired) electrons. The number of likely N-dealkylation sites (tertiary alicyclic amines) is 1. The zero-order chi connectivity index (χ0) is 20.9. The van der Waals surface area contributed by atoms with Crippen molar-refractivity contribution in [1.82, 2.24) is 10.1 Å². The van der Waals surface area contributed by atoms with Crippen molar-refractivity contribution in [3.63, 3.8) is 0 Å². The monoisotopic (exact) mass is 399 g/mol. The third-order valence-corrected chi connectivity index (χ3v) is 6.46. The van der Waals surface area contributed by atoms with Crippen LogP contribution in [0.5, 0.6) is 0 Å². The van der Waals surface area contributed by atoms with E-state index in [-0.39, 0.29) is 23.2 Å². The summed E-state index contributed by atoms with van der Waals surface area (Å²) in [6, 6.07) is 7.18. The molecule has 0 bridgehead atoms. The van der Waals surface area contributed by atoms with Crippen LogP contribution in [0.1, 0.15) is 68.3 Å². The molecule has 2 aromatic rings. The third kappa shape index (κ3) is 3.43. The minimum absolute atomic E-state index is 0.0212. The lowest BCUT2D eigenvalue weighted by atomic mass is 9.89. The summed E-state index contributed by atoms with van der Waals surface area (Å²) < 4.78 is 19.2. The first kappa shape index (κ1) is 19.9. The fourth-order valence-electron chi connectivity index (χ4n) is 5.30. The number of amides is 1. The summed E-state index contributed by atoms with van der Waals surface area (Å²) in [4.78, 5) is 17.6. The zero-order valence-electron chi connectivity index (χ0n) is 17.9. The number of carbonyl (C=O) groups excluding carboxylic acids is 1. The van der Waals surface area contributed by atoms with E-state index < -0.39 is 0 Å². The molecule has 0 N–H and O–H groups in total. The topological polar surface area (TPSA) is 49.6 Å². The van der Waals surface area contributed by atoms with E-state index in [9.17, 15) is 9.18 Å². The van der Waals surface area contributed by atoms with Crippen molar-refractivity contribution in [3.05, 3.63) is 47.1 Å². The Hall–Kier alpha value is -2.37. The number of hydrogen-bond acceptors (Lipinski definition) is 4. The maximum absolute atomic E-state index is 13.9. The first-order chi connectivity index (χ1) is 13.7. The van der Waals surface area contributed by atoms with E-state index >= 15 is 0 Å². The van der Waals surface area contributed by atoms with Crippen LogP contribution in [-0.4, -0.2) is 40.6 Å². The number of nitrogens with zero attached hydrogens (tertiary/aromatic N) is 3. The molecule has 1 aromatic carbocycles. The molecule has 1 aromatic heterocycles. The van der Waals surface area contributed by atoms with E-state index in [0.717, 1.165) is 24.2 Å². The van der Waals surface area contributed by atoms with Crippen LogP contribution in [0.3, 0.4) is 0 Å². The molecule has 2 atom stereocenters. The first-order valence-corrected chi connectivity index (χ1v) is 10.5. The molecule has 29 heavy (non-hydrogen) atoms. The van der Waals surface area contributed by atoms with Gasteiger partial charge in [0, 0.05) is 30.4 Å². The SMILES string of the molecule is Cc1onc(C(C)C)c1C(=O)N1CC[C@H]2[C@@H](C1)CC(C)(C)N2c1cccc(F)c1. The van der Waals surface area contributed by atoms with Gasteiger partial charge in [0.1, 0.15) is 17.1 Å². The lowest BCUT2D eigenvalue weighted by Crippen LogP contribution is -2.50. The second-order valence-corrected chi connectivity index (χ2v) is 9.39. The van der Waals surface area contributed by atoms with Crippen LogP contribution >= 0.6 is 0 Å². The Morgan fingerprint density at radius 3 is 2.79 bits per heavy atom. The van der Waals surface area contributed by atoms with E-state index in [4.69, 9.17) is 4.52 Å². The van der Waals surface area contributed by atoms with Crippen LogP contribution in [0.25, 0.3) is 0 Å². The number of aromatic nitrogens is 1. The predicted molar refractivity (Wildman–Crippen MR) is 111 cm³/mol. The number of halogens is 1. The quantitative estimate of drug-likeness (QED) is 0.746. The molecular formula is C23H30FN3O2. The Bertz CT molecular complexity index is 921. The summed E-state index contributed by atoms with van der Waals surface area (Å²) in [5, 5.41) is 4.11. The number of piperidine rings is 1. The average molecular weight is 400 g/mol. The van der Waals surface area contributed by atoms with E-state index in [1.807, 2.05) is 31.7 Å². The molecular weight excluding hydrogens is 369 g/mol. The van der Waals surface area contributed by atoms with Gasteiger partial charge >= 0.3 is 0 Å². The molecule has 4 rings (SSSR count). The Morgan fingerprint density at radius 1 is 1.34 bits per heavy atom. The van der Waals surface area contributed by atoms with E-state index in [1.165, 1.54) is 6.07 Å². The van der Waals surface area contributed by atoms with E-state index in [0.29, 0.717) is 36.4 Å². The van der Waals surface area contributed by atoms with Gasteiger partial charge in [-0.3, -0.25) is 4.79 Å². The Labute approximate surface area is 171 Å². The lowest BCUT2D eigenvalue weighted by Gasteiger charge is -2.42. The van der Waals surface area contributed by atoms with Gasteiger partial charge in [0.05, 0.1) is 5.69 Å². The molecule has 2 aliphatic heterocycles. The van der Waals surface area contributed by atoms with Crippen LogP contribution in [0.15, 0.2) is 28.8 Å². The summed E-state index contributed by atoms with van der Waals surface area (Å²) in [6.45, 7) is 11.7. The van der Waals surface area contributed by atoms with Crippen molar-refractivity contribution in [2.45, 2.75) is 65.0 Å². The number of carbonyl (C=O) groups is 1. The third-order valence-electron chi connectivity index (χ3n) is 6.46. The molecule has 2 saturated heterocycles. The van der Waals surface area contributed by atoms with Crippen LogP contribution in [0, 0.1) is 18.7 Å². The predicted octanol–water partition coefficient (Wildman–Crippen LogP) is 4.77. The Kier molecular flexibility index (Phi) is 4.91. The smallest absolute Gasteiger partial charge is 0.259 e. The van der Waals surface area contributed by atoms with Crippen molar-refractivity contribution in [3.8, 4) is 0 Å². The number of rotatable bonds is 3. The summed E-state index contributed by atoms with van der Waals surface area (Å²) in [7, 11) is 0. The van der Waals surface area contributed by atoms with Gasteiger partial charge in [-0.25, -0.2) is 4.39 Å². The summed E-state index contributed by atoms with van der Waals surface area (Å²) in [6.07, 6.45) is 1.84. The van der Waals surface area contributed by atoms with Gasteiger partial charge in [-0.1, -0.05) is 25.1 Å². The van der Waals surface area contributed by atoms with Crippen molar-refractivity contribution in [2.75, 3.05) is 18.0 Å². The minimum Gasteiger partial charge on any atom is -0.363 e. The van der Waals surface area contributed by atoms with Gasteiger partial charge in [-0.2, -0.15) is 0 Å².